The van der Waals surface area contributed by atoms with Crippen LogP contribution in [0.5, 0.6) is 11.5 Å². The summed E-state index contributed by atoms with van der Waals surface area (Å²) in [6.45, 7) is 39.3. The standard InChI is InChI=1S/C17H21ClO5.C17H24O5S.C12H18O4.C10H18O3.C8H18O2.C7H5ClO3.C7H7ClO2S.C5H8O2.C4H5ClO.4CH4.FH.H2/c1-12(2)16(20)22-9-5-3-4-6-10-23-17(21)13-7-8-15(19)14(18)11-13;1-14(2)17(18)21-12-6-4-5-7-13-22-23(19,20)16-10-8-15(3)9-11-16;1-3-11(13)15-9-7-5-6-8-10-16-12(14)4-2;1-9(2)10(12)13-8-6-4-3-5-7-11;9-7-5-3-1-2-4-6-8-10;8-5-3-4(7(10)11)1-2-6(5)9;1-6-2-4-7(5-3-6)11(8,9)10;1-3-5(6)7-4-2;1-3(2)4(5)6;;;;;;/h7-8,11,19H,1,3-6,9-10H2,2H3;8-11H,1,4-7,12-13H2,2-3H3;3-4H,1-2,5-10H2;11H,1,3-8H2,2H3;9-10H,1-8H2;1-3,9H,(H,10,11);2-5H,1H3;3H,1,4H2,2H3;1H2,2H3;4*1H4;2*1H/i;;;;;;;;;;;;;;1+2. The van der Waals surface area contributed by atoms with Crippen molar-refractivity contribution >= 4 is 118 Å². The summed E-state index contributed by atoms with van der Waals surface area (Å²) in [7, 11) is -2.14. The maximum atomic E-state index is 11.9. The van der Waals surface area contributed by atoms with Gasteiger partial charge in [-0.25, -0.2) is 46.8 Å². The number of benzene rings is 4. The molecule has 0 radical (unpaired) electrons. The minimum atomic E-state index is -3.67. The van der Waals surface area contributed by atoms with Crippen LogP contribution < -0.4 is 0 Å². The molecule has 0 spiro atoms. The Labute approximate surface area is 764 Å². The molecule has 125 heavy (non-hydrogen) atoms. The van der Waals surface area contributed by atoms with E-state index < -0.39 is 36.3 Å². The van der Waals surface area contributed by atoms with Gasteiger partial charge in [0.2, 0.25) is 5.24 Å². The number of carbonyl (C=O) groups excluding carboxylic acids is 8. The number of phenols is 2. The lowest BCUT2D eigenvalue weighted by Crippen LogP contribution is -2.08. The van der Waals surface area contributed by atoms with Crippen LogP contribution in [0.3, 0.4) is 0 Å². The van der Waals surface area contributed by atoms with Crippen LogP contribution in [0.4, 0.5) is 4.70 Å². The maximum Gasteiger partial charge on any atom is 0.338 e. The van der Waals surface area contributed by atoms with Gasteiger partial charge in [-0.15, -0.1) is 0 Å². The number of phenolic OH excluding ortho intramolecular Hbond substituents is 2. The summed E-state index contributed by atoms with van der Waals surface area (Å²) in [6, 6.07) is 20.8. The van der Waals surface area contributed by atoms with Crippen LogP contribution in [0.1, 0.15) is 239 Å². The van der Waals surface area contributed by atoms with Crippen molar-refractivity contribution in [2.75, 3.05) is 72.7 Å². The number of hydrogen-bond donors (Lipinski definition) is 6. The molecule has 0 bridgehead atoms. The lowest BCUT2D eigenvalue weighted by molar-refractivity contribution is -0.139. The van der Waals surface area contributed by atoms with Crippen LogP contribution in [0, 0.1) is 13.8 Å². The Kier molecular flexibility index (Phi) is 96.5. The Morgan fingerprint density at radius 2 is 0.664 bits per heavy atom. The number of carboxylic acids is 1. The van der Waals surface area contributed by atoms with Gasteiger partial charge >= 0.3 is 47.8 Å². The number of unbranched alkanes of at least 4 members (excludes halogenated alkanes) is 17. The van der Waals surface area contributed by atoms with Gasteiger partial charge < -0.3 is 63.8 Å². The number of esters is 7. The quantitative estimate of drug-likeness (QED) is 0.00597. The fourth-order valence-corrected chi connectivity index (χ4v) is 9.94. The van der Waals surface area contributed by atoms with Gasteiger partial charge in [0, 0.05) is 72.5 Å². The third-order valence-electron chi connectivity index (χ3n) is 14.6. The van der Waals surface area contributed by atoms with Crippen molar-refractivity contribution in [1.29, 1.82) is 0 Å². The number of carboxylic acid groups (broad SMARTS) is 1. The number of rotatable bonds is 47. The minimum absolute atomic E-state index is 0. The number of hydrogen-bond acceptors (Lipinski definition) is 26. The van der Waals surface area contributed by atoms with Gasteiger partial charge in [-0.2, -0.15) is 8.42 Å². The normalized spacial score (nSPS) is 9.58. The highest BCUT2D eigenvalue weighted by molar-refractivity contribution is 8.13. The van der Waals surface area contributed by atoms with Crippen molar-refractivity contribution in [3.63, 3.8) is 0 Å². The molecule has 0 amide bonds. The van der Waals surface area contributed by atoms with Crippen LogP contribution in [0.25, 0.3) is 0 Å². The summed E-state index contributed by atoms with van der Waals surface area (Å²) >= 11 is 16.1. The third kappa shape index (κ3) is 85.5. The zero-order chi connectivity index (χ0) is 92.3. The number of ether oxygens (including phenoxy) is 7. The number of carbonyl (C=O) groups is 9. The molecule has 0 aliphatic rings. The van der Waals surface area contributed by atoms with Crippen LogP contribution in [-0.4, -0.2) is 173 Å². The highest BCUT2D eigenvalue weighted by Crippen LogP contribution is 2.25. The van der Waals surface area contributed by atoms with E-state index in [1.807, 2.05) is 13.8 Å². The van der Waals surface area contributed by atoms with Gasteiger partial charge in [0.25, 0.3) is 19.2 Å². The highest BCUT2D eigenvalue weighted by atomic mass is 35.7. The van der Waals surface area contributed by atoms with Crippen LogP contribution >= 0.6 is 45.5 Å². The summed E-state index contributed by atoms with van der Waals surface area (Å²) in [5, 5.41) is 51.7. The molecule has 716 valence electrons. The van der Waals surface area contributed by atoms with E-state index >= 15 is 0 Å². The second kappa shape index (κ2) is 88.4. The Bertz CT molecular complexity index is 3890. The monoisotopic (exact) mass is 1890 g/mol. The fraction of sp³-hybridized carbons (Fsp3) is 0.484. The SMILES string of the molecule is C.C.C.C.C=C(C)C(=O)Cl.C=C(C)C(=O)OCCCCCCO.C=C(C)C(=O)OCCCCCCOC(=O)c1ccc(O)c(Cl)c1.C=C(C)C(=O)OCCCCCCOS(=O)(=O)c1ccc(C)cc1.C=CC(=O)OCC.C=CC(=O)OCCCCCCOC(=O)C=C.Cc1ccc(S(=O)(=O)Cl)cc1.F.O=C(O)c1ccc(O)c(Cl)c1.OCCCCCCCCO.[3HH]. The molecule has 4 aromatic carbocycles. The predicted molar refractivity (Wildman–Crippen MR) is 499 cm³/mol. The van der Waals surface area contributed by atoms with E-state index in [2.05, 4.69) is 50.8 Å². The number of aliphatic hydroxyl groups excluding tert-OH is 3. The molecule has 4 rings (SSSR count). The van der Waals surface area contributed by atoms with Gasteiger partial charge in [-0.05, 0) is 223 Å². The minimum Gasteiger partial charge on any atom is -0.506 e. The zero-order valence-corrected chi connectivity index (χ0v) is 75.2. The van der Waals surface area contributed by atoms with Crippen molar-refractivity contribution in [3.8, 4) is 11.5 Å². The molecule has 4 aromatic rings. The van der Waals surface area contributed by atoms with Gasteiger partial charge in [0.1, 0.15) is 11.5 Å². The average Bonchev–Trinajstić information content (AvgIpc) is 0.867. The summed E-state index contributed by atoms with van der Waals surface area (Å²) in [5.74, 6) is -3.92. The molecule has 0 saturated heterocycles. The largest absolute Gasteiger partial charge is 0.506 e. The lowest BCUT2D eigenvalue weighted by Gasteiger charge is -2.06. The van der Waals surface area contributed by atoms with Gasteiger partial charge in [-0.1, -0.05) is 173 Å². The molecular weight excluding hydrogens is 1750 g/mol. The fourth-order valence-electron chi connectivity index (χ4n) is 7.86. The van der Waals surface area contributed by atoms with E-state index in [1.54, 1.807) is 71.0 Å². The number of aromatic hydroxyl groups is 2. The molecule has 6 N–H and O–H groups in total. The Balaban J connectivity index is -0.000000134. The summed E-state index contributed by atoms with van der Waals surface area (Å²) in [5.41, 5.74) is 3.98. The molecule has 0 aromatic heterocycles. The maximum absolute atomic E-state index is 11.9. The first kappa shape index (κ1) is 136. The number of aryl methyl sites for hydroxylation is 2. The summed E-state index contributed by atoms with van der Waals surface area (Å²) in [6.07, 6.45) is 23.4. The van der Waals surface area contributed by atoms with Crippen molar-refractivity contribution in [2.24, 2.45) is 0 Å². The highest BCUT2D eigenvalue weighted by Gasteiger charge is 2.16. The molecule has 27 nitrogen and oxygen atoms in total. The topological polar surface area (TPSA) is 417 Å². The van der Waals surface area contributed by atoms with E-state index in [9.17, 15) is 65.1 Å². The van der Waals surface area contributed by atoms with Crippen molar-refractivity contribution in [3.05, 3.63) is 204 Å². The van der Waals surface area contributed by atoms with E-state index in [1.165, 1.54) is 61.4 Å². The molecule has 0 atom stereocenters. The second-order valence-electron chi connectivity index (χ2n) is 25.6. The average molecular weight is 1900 g/mol. The van der Waals surface area contributed by atoms with Crippen LogP contribution in [0.15, 0.2) is 181 Å². The smallest absolute Gasteiger partial charge is 0.338 e. The summed E-state index contributed by atoms with van der Waals surface area (Å²) in [4.78, 5) is 96.7. The van der Waals surface area contributed by atoms with Crippen molar-refractivity contribution in [1.82, 2.24) is 0 Å². The zero-order valence-electron chi connectivity index (χ0n) is 70.6. The Hall–Kier alpha value is -9.08. The Morgan fingerprint density at radius 1 is 0.400 bits per heavy atom. The molecule has 0 saturated carbocycles. The van der Waals surface area contributed by atoms with E-state index in [-0.39, 0.29) is 122 Å². The first-order chi connectivity index (χ1) is 56.6. The Morgan fingerprint density at radius 3 is 0.928 bits per heavy atom. The van der Waals surface area contributed by atoms with Crippen LogP contribution in [-0.2, 0) is 90.1 Å². The van der Waals surface area contributed by atoms with E-state index in [0.29, 0.717) is 93.7 Å². The van der Waals surface area contributed by atoms with Gasteiger partial charge in [0.05, 0.1) is 83.8 Å². The number of aromatic carboxylic acids is 1. The predicted octanol–water partition coefficient (Wildman–Crippen LogP) is 20.9. The number of aliphatic hydroxyl groups is 3. The van der Waals surface area contributed by atoms with Crippen molar-refractivity contribution in [2.45, 2.75) is 229 Å². The van der Waals surface area contributed by atoms with Gasteiger partial charge in [-0.3, -0.25) is 13.7 Å². The molecular formula is C91H143Cl4FO27S2. The first-order valence-electron chi connectivity index (χ1n) is 38.5. The molecule has 0 aliphatic heterocycles. The van der Waals surface area contributed by atoms with Crippen molar-refractivity contribution < 1.29 is 134 Å². The van der Waals surface area contributed by atoms with Crippen LogP contribution in [0.2, 0.25) is 10.0 Å². The molecule has 0 fully saturated rings. The number of halogens is 5. The second-order valence-corrected chi connectivity index (χ2v) is 30.9. The molecule has 0 heterocycles. The molecule has 34 heteroatoms. The van der Waals surface area contributed by atoms with E-state index in [0.717, 1.165) is 151 Å². The van der Waals surface area contributed by atoms with E-state index in [4.69, 9.17) is 104 Å². The molecule has 0 unspecified atom stereocenters. The first-order valence-corrected chi connectivity index (χ1v) is 43.3. The third-order valence-corrected chi connectivity index (χ3v) is 18.2. The summed E-state index contributed by atoms with van der Waals surface area (Å²) < 4.78 is 84.3. The van der Waals surface area contributed by atoms with Gasteiger partial charge in [0.15, 0.2) is 0 Å². The molecule has 0 aliphatic carbocycles. The number of allylic oxidation sites excluding steroid dienone is 1. The lowest BCUT2D eigenvalue weighted by atomic mass is 10.1.